The van der Waals surface area contributed by atoms with Crippen molar-refractivity contribution < 1.29 is 9.59 Å². The van der Waals surface area contributed by atoms with E-state index in [1.54, 1.807) is 29.2 Å². The molecule has 1 N–H and O–H groups in total. The number of carbonyl (C=O) groups is 2. The van der Waals surface area contributed by atoms with Gasteiger partial charge in [0.05, 0.1) is 6.54 Å². The van der Waals surface area contributed by atoms with Crippen molar-refractivity contribution in [3.05, 3.63) is 65.5 Å². The molecule has 2 aromatic rings. The third-order valence-electron chi connectivity index (χ3n) is 4.39. The third-order valence-corrected chi connectivity index (χ3v) is 4.39. The molecular weight excluding hydrogens is 316 g/mol. The number of hydrogen-bond donors (Lipinski definition) is 1. The Bertz CT molecular complexity index is 748. The minimum atomic E-state index is -0.262. The van der Waals surface area contributed by atoms with E-state index in [2.05, 4.69) is 22.4 Å². The first kappa shape index (κ1) is 17.0. The largest absolute Gasteiger partial charge is 0.336 e. The number of fused-ring (bicyclic) bond motifs is 1. The number of urea groups is 1. The summed E-state index contributed by atoms with van der Waals surface area (Å²) in [5, 5.41) is 2.70. The maximum atomic E-state index is 12.4. The Balaban J connectivity index is 1.48. The lowest BCUT2D eigenvalue weighted by Crippen LogP contribution is -2.45. The summed E-state index contributed by atoms with van der Waals surface area (Å²) >= 11 is 0. The van der Waals surface area contributed by atoms with Crippen LogP contribution < -0.4 is 5.32 Å². The van der Waals surface area contributed by atoms with E-state index in [-0.39, 0.29) is 18.5 Å². The summed E-state index contributed by atoms with van der Waals surface area (Å²) in [5.74, 6) is -0.0554. The third kappa shape index (κ3) is 4.35. The number of benzene rings is 1. The van der Waals surface area contributed by atoms with E-state index >= 15 is 0 Å². The lowest BCUT2D eigenvalue weighted by atomic mass is 10.00. The van der Waals surface area contributed by atoms with Gasteiger partial charge in [-0.1, -0.05) is 24.3 Å². The first-order valence-electron chi connectivity index (χ1n) is 8.36. The summed E-state index contributed by atoms with van der Waals surface area (Å²) < 4.78 is 0. The highest BCUT2D eigenvalue weighted by atomic mass is 16.2. The average molecular weight is 338 g/mol. The van der Waals surface area contributed by atoms with Gasteiger partial charge in [0.25, 0.3) is 0 Å². The predicted molar refractivity (Wildman–Crippen MR) is 94.7 cm³/mol. The van der Waals surface area contributed by atoms with Crippen LogP contribution in [0.15, 0.2) is 48.8 Å². The van der Waals surface area contributed by atoms with Crippen LogP contribution in [-0.4, -0.2) is 46.9 Å². The van der Waals surface area contributed by atoms with E-state index in [0.29, 0.717) is 19.6 Å². The molecule has 0 saturated heterocycles. The molecule has 2 heterocycles. The fourth-order valence-electron chi connectivity index (χ4n) is 2.94. The Morgan fingerprint density at radius 3 is 2.64 bits per heavy atom. The SMILES string of the molecule is CN(Cc1ccncc1)C(=O)NCC(=O)N1CCc2ccccc2C1. The predicted octanol–water partition coefficient (Wildman–Crippen LogP) is 1.81. The van der Waals surface area contributed by atoms with Crippen LogP contribution in [0.5, 0.6) is 0 Å². The molecule has 1 aliphatic heterocycles. The zero-order valence-corrected chi connectivity index (χ0v) is 14.3. The molecule has 0 fully saturated rings. The molecule has 1 aliphatic rings. The molecular formula is C19H22N4O2. The highest BCUT2D eigenvalue weighted by molar-refractivity contribution is 5.84. The van der Waals surface area contributed by atoms with Gasteiger partial charge in [0.1, 0.15) is 0 Å². The minimum Gasteiger partial charge on any atom is -0.336 e. The molecule has 0 bridgehead atoms. The van der Waals surface area contributed by atoms with Crippen LogP contribution in [0, 0.1) is 0 Å². The maximum absolute atomic E-state index is 12.4. The first-order chi connectivity index (χ1) is 12.1. The fourth-order valence-corrected chi connectivity index (χ4v) is 2.94. The number of rotatable bonds is 4. The summed E-state index contributed by atoms with van der Waals surface area (Å²) in [4.78, 5) is 31.8. The van der Waals surface area contributed by atoms with Crippen LogP contribution in [0.3, 0.4) is 0 Å². The fraction of sp³-hybridized carbons (Fsp3) is 0.316. The zero-order chi connectivity index (χ0) is 17.6. The molecule has 0 saturated carbocycles. The van der Waals surface area contributed by atoms with Crippen molar-refractivity contribution in [1.29, 1.82) is 0 Å². The van der Waals surface area contributed by atoms with Gasteiger partial charge in [-0.25, -0.2) is 4.79 Å². The van der Waals surface area contributed by atoms with Gasteiger partial charge in [0.2, 0.25) is 5.91 Å². The van der Waals surface area contributed by atoms with E-state index in [1.807, 2.05) is 24.3 Å². The first-order valence-corrected chi connectivity index (χ1v) is 8.36. The van der Waals surface area contributed by atoms with Crippen molar-refractivity contribution in [3.63, 3.8) is 0 Å². The molecule has 3 rings (SSSR count). The number of nitrogens with one attached hydrogen (secondary N) is 1. The molecule has 1 aromatic heterocycles. The van der Waals surface area contributed by atoms with Crippen LogP contribution in [0.25, 0.3) is 0 Å². The molecule has 0 unspecified atom stereocenters. The van der Waals surface area contributed by atoms with E-state index in [4.69, 9.17) is 0 Å². The molecule has 6 nitrogen and oxygen atoms in total. The zero-order valence-electron chi connectivity index (χ0n) is 14.3. The van der Waals surface area contributed by atoms with Crippen LogP contribution in [-0.2, 0) is 24.3 Å². The van der Waals surface area contributed by atoms with Gasteiger partial charge < -0.3 is 15.1 Å². The summed E-state index contributed by atoms with van der Waals surface area (Å²) in [6, 6.07) is 11.6. The number of carbonyl (C=O) groups excluding carboxylic acids is 2. The quantitative estimate of drug-likeness (QED) is 0.925. The second kappa shape index (κ2) is 7.79. The topological polar surface area (TPSA) is 65.5 Å². The number of amides is 3. The summed E-state index contributed by atoms with van der Waals surface area (Å²) in [6.45, 7) is 1.79. The molecule has 1 aromatic carbocycles. The van der Waals surface area contributed by atoms with Gasteiger partial charge in [-0.2, -0.15) is 0 Å². The smallest absolute Gasteiger partial charge is 0.317 e. The second-order valence-corrected chi connectivity index (χ2v) is 6.20. The molecule has 0 radical (unpaired) electrons. The Kier molecular flexibility index (Phi) is 5.28. The molecule has 6 heteroatoms. The van der Waals surface area contributed by atoms with Gasteiger partial charge in [0, 0.05) is 39.1 Å². The van der Waals surface area contributed by atoms with Crippen LogP contribution in [0.4, 0.5) is 4.79 Å². The Labute approximate surface area is 147 Å². The Morgan fingerprint density at radius 2 is 1.88 bits per heavy atom. The standard InChI is InChI=1S/C19H22N4O2/c1-22(13-15-6-9-20-10-7-15)19(25)21-12-18(24)23-11-8-16-4-2-3-5-17(16)14-23/h2-7,9-10H,8,11-14H2,1H3,(H,21,25). The van der Waals surface area contributed by atoms with Gasteiger partial charge in [0.15, 0.2) is 0 Å². The van der Waals surface area contributed by atoms with Crippen LogP contribution >= 0.6 is 0 Å². The van der Waals surface area contributed by atoms with E-state index in [0.717, 1.165) is 12.0 Å². The van der Waals surface area contributed by atoms with E-state index in [1.165, 1.54) is 11.1 Å². The van der Waals surface area contributed by atoms with Gasteiger partial charge >= 0.3 is 6.03 Å². The van der Waals surface area contributed by atoms with Crippen LogP contribution in [0.2, 0.25) is 0 Å². The number of pyridine rings is 1. The lowest BCUT2D eigenvalue weighted by Gasteiger charge is -2.29. The Morgan fingerprint density at radius 1 is 1.16 bits per heavy atom. The van der Waals surface area contributed by atoms with Crippen molar-refractivity contribution in [2.24, 2.45) is 0 Å². The van der Waals surface area contributed by atoms with Gasteiger partial charge in [-0.15, -0.1) is 0 Å². The number of hydrogen-bond acceptors (Lipinski definition) is 3. The van der Waals surface area contributed by atoms with E-state index < -0.39 is 0 Å². The van der Waals surface area contributed by atoms with Gasteiger partial charge in [-0.3, -0.25) is 9.78 Å². The minimum absolute atomic E-state index is 0.0156. The molecule has 0 spiro atoms. The van der Waals surface area contributed by atoms with Crippen LogP contribution in [0.1, 0.15) is 16.7 Å². The normalized spacial score (nSPS) is 13.1. The van der Waals surface area contributed by atoms with Gasteiger partial charge in [-0.05, 0) is 35.2 Å². The van der Waals surface area contributed by atoms with Crippen molar-refractivity contribution in [2.75, 3.05) is 20.1 Å². The molecule has 130 valence electrons. The summed E-state index contributed by atoms with van der Waals surface area (Å²) in [6.07, 6.45) is 4.25. The molecule has 25 heavy (non-hydrogen) atoms. The summed E-state index contributed by atoms with van der Waals surface area (Å²) in [5.41, 5.74) is 3.47. The number of aromatic nitrogens is 1. The Hall–Kier alpha value is -2.89. The lowest BCUT2D eigenvalue weighted by molar-refractivity contribution is -0.131. The highest BCUT2D eigenvalue weighted by Gasteiger charge is 2.21. The van der Waals surface area contributed by atoms with Crippen molar-refractivity contribution >= 4 is 11.9 Å². The van der Waals surface area contributed by atoms with E-state index in [9.17, 15) is 9.59 Å². The maximum Gasteiger partial charge on any atom is 0.317 e. The summed E-state index contributed by atoms with van der Waals surface area (Å²) in [7, 11) is 1.71. The van der Waals surface area contributed by atoms with Crippen molar-refractivity contribution in [3.8, 4) is 0 Å². The second-order valence-electron chi connectivity index (χ2n) is 6.20. The van der Waals surface area contributed by atoms with Crippen molar-refractivity contribution in [1.82, 2.24) is 20.1 Å². The monoisotopic (exact) mass is 338 g/mol. The molecule has 3 amide bonds. The molecule has 0 aliphatic carbocycles. The highest BCUT2D eigenvalue weighted by Crippen LogP contribution is 2.18. The molecule has 0 atom stereocenters. The number of nitrogens with zero attached hydrogens (tertiary/aromatic N) is 3. The average Bonchev–Trinajstić information content (AvgIpc) is 2.66. The van der Waals surface area contributed by atoms with Crippen molar-refractivity contribution in [2.45, 2.75) is 19.5 Å².